The fourth-order valence-corrected chi connectivity index (χ4v) is 3.11. The Morgan fingerprint density at radius 2 is 1.96 bits per heavy atom. The highest BCUT2D eigenvalue weighted by Gasteiger charge is 2.17. The molecule has 1 aliphatic rings. The van der Waals surface area contributed by atoms with E-state index < -0.39 is 5.91 Å². The average Bonchev–Trinajstić information content (AvgIpc) is 3.23. The molecule has 3 rings (SSSR count). The van der Waals surface area contributed by atoms with Gasteiger partial charge >= 0.3 is 0 Å². The van der Waals surface area contributed by atoms with E-state index in [9.17, 15) is 9.18 Å². The minimum atomic E-state index is -0.422. The molecule has 148 valence electrons. The molecule has 1 aliphatic heterocycles. The number of hydrogen-bond donors (Lipinski definition) is 1. The van der Waals surface area contributed by atoms with Gasteiger partial charge < -0.3 is 14.4 Å². The van der Waals surface area contributed by atoms with Gasteiger partial charge in [-0.2, -0.15) is 5.10 Å². The molecule has 2 aromatic rings. The topological polar surface area (TPSA) is 63.2 Å². The molecule has 0 unspecified atom stereocenters. The van der Waals surface area contributed by atoms with E-state index in [1.807, 2.05) is 19.1 Å². The molecule has 0 aliphatic carbocycles. The van der Waals surface area contributed by atoms with Gasteiger partial charge in [0.1, 0.15) is 5.82 Å². The lowest BCUT2D eigenvalue weighted by Crippen LogP contribution is -2.24. The molecule has 7 heteroatoms. The molecule has 1 fully saturated rings. The van der Waals surface area contributed by atoms with Crippen molar-refractivity contribution in [3.05, 3.63) is 53.3 Å². The third-order valence-electron chi connectivity index (χ3n) is 4.60. The van der Waals surface area contributed by atoms with Gasteiger partial charge in [-0.1, -0.05) is 12.1 Å². The Morgan fingerprint density at radius 3 is 2.68 bits per heavy atom. The van der Waals surface area contributed by atoms with E-state index in [-0.39, 0.29) is 12.4 Å². The van der Waals surface area contributed by atoms with Crippen molar-refractivity contribution in [2.75, 3.05) is 31.7 Å². The molecule has 0 bridgehead atoms. The molecular formula is C21H24FN3O3. The summed E-state index contributed by atoms with van der Waals surface area (Å²) in [5.74, 6) is 0.316. The second-order valence-electron chi connectivity index (χ2n) is 6.59. The number of rotatable bonds is 7. The largest absolute Gasteiger partial charge is 0.493 e. The first-order valence-corrected chi connectivity index (χ1v) is 9.21. The van der Waals surface area contributed by atoms with E-state index in [0.717, 1.165) is 31.5 Å². The Balaban J connectivity index is 1.56. The summed E-state index contributed by atoms with van der Waals surface area (Å²) in [6.07, 6.45) is 3.61. The zero-order chi connectivity index (χ0) is 19.9. The summed E-state index contributed by atoms with van der Waals surface area (Å²) < 4.78 is 25.0. The number of para-hydroxylation sites is 2. The smallest absolute Gasteiger partial charge is 0.277 e. The Labute approximate surface area is 163 Å². The summed E-state index contributed by atoms with van der Waals surface area (Å²) in [6.45, 7) is 3.45. The molecule has 1 N–H and O–H groups in total. The SMILES string of the molecule is COc1ccccc1OCC(=O)N/N=C/c1cc(F)c(N2CCCC2)cc1C. The van der Waals surface area contributed by atoms with Crippen molar-refractivity contribution >= 4 is 17.8 Å². The third-order valence-corrected chi connectivity index (χ3v) is 4.60. The van der Waals surface area contributed by atoms with Gasteiger partial charge in [-0.05, 0) is 49.6 Å². The predicted molar refractivity (Wildman–Crippen MR) is 107 cm³/mol. The van der Waals surface area contributed by atoms with Crippen LogP contribution in [0.5, 0.6) is 11.5 Å². The fourth-order valence-electron chi connectivity index (χ4n) is 3.11. The van der Waals surface area contributed by atoms with Gasteiger partial charge in [0.15, 0.2) is 18.1 Å². The van der Waals surface area contributed by atoms with Gasteiger partial charge in [-0.25, -0.2) is 9.82 Å². The van der Waals surface area contributed by atoms with Crippen LogP contribution in [-0.4, -0.2) is 38.9 Å². The molecule has 2 aromatic carbocycles. The summed E-state index contributed by atoms with van der Waals surface area (Å²) in [5, 5.41) is 3.91. The highest BCUT2D eigenvalue weighted by atomic mass is 19.1. The van der Waals surface area contributed by atoms with Crippen molar-refractivity contribution in [1.29, 1.82) is 0 Å². The van der Waals surface area contributed by atoms with Crippen LogP contribution in [-0.2, 0) is 4.79 Å². The average molecular weight is 385 g/mol. The summed E-state index contributed by atoms with van der Waals surface area (Å²) in [6, 6.07) is 10.3. The summed E-state index contributed by atoms with van der Waals surface area (Å²) in [7, 11) is 1.53. The van der Waals surface area contributed by atoms with Crippen molar-refractivity contribution in [2.24, 2.45) is 5.10 Å². The lowest BCUT2D eigenvalue weighted by atomic mass is 10.1. The number of carbonyl (C=O) groups is 1. The molecule has 28 heavy (non-hydrogen) atoms. The molecule has 6 nitrogen and oxygen atoms in total. The number of aryl methyl sites for hydroxylation is 1. The first kappa shape index (κ1) is 19.7. The Kier molecular flexibility index (Phi) is 6.47. The van der Waals surface area contributed by atoms with Gasteiger partial charge in [0.05, 0.1) is 19.0 Å². The fraction of sp³-hybridized carbons (Fsp3) is 0.333. The summed E-state index contributed by atoms with van der Waals surface area (Å²) in [5.41, 5.74) is 4.53. The van der Waals surface area contributed by atoms with E-state index in [0.29, 0.717) is 22.7 Å². The van der Waals surface area contributed by atoms with Crippen LogP contribution in [0.1, 0.15) is 24.0 Å². The number of hydrogen-bond acceptors (Lipinski definition) is 5. The van der Waals surface area contributed by atoms with Gasteiger partial charge in [0.25, 0.3) is 5.91 Å². The zero-order valence-corrected chi connectivity index (χ0v) is 16.1. The standard InChI is InChI=1S/C21H24FN3O3/c1-15-11-18(25-9-5-6-10-25)17(22)12-16(15)13-23-24-21(26)14-28-20-8-4-3-7-19(20)27-2/h3-4,7-8,11-13H,5-6,9-10,14H2,1-2H3,(H,24,26)/b23-13+. The molecule has 1 saturated heterocycles. The number of ether oxygens (including phenoxy) is 2. The predicted octanol–water partition coefficient (Wildman–Crippen LogP) is 3.27. The van der Waals surface area contributed by atoms with Crippen molar-refractivity contribution in [2.45, 2.75) is 19.8 Å². The van der Waals surface area contributed by atoms with E-state index in [4.69, 9.17) is 9.47 Å². The molecule has 1 heterocycles. The number of nitrogens with one attached hydrogen (secondary N) is 1. The van der Waals surface area contributed by atoms with E-state index >= 15 is 0 Å². The minimum Gasteiger partial charge on any atom is -0.493 e. The second-order valence-corrected chi connectivity index (χ2v) is 6.59. The van der Waals surface area contributed by atoms with E-state index in [1.54, 1.807) is 18.2 Å². The van der Waals surface area contributed by atoms with Crippen molar-refractivity contribution < 1.29 is 18.7 Å². The van der Waals surface area contributed by atoms with Crippen LogP contribution in [0.25, 0.3) is 0 Å². The van der Waals surface area contributed by atoms with Gasteiger partial charge in [-0.3, -0.25) is 4.79 Å². The maximum atomic E-state index is 14.4. The molecular weight excluding hydrogens is 361 g/mol. The van der Waals surface area contributed by atoms with Gasteiger partial charge in [0, 0.05) is 18.7 Å². The lowest BCUT2D eigenvalue weighted by Gasteiger charge is -2.19. The van der Waals surface area contributed by atoms with Crippen LogP contribution in [0.3, 0.4) is 0 Å². The summed E-state index contributed by atoms with van der Waals surface area (Å²) in [4.78, 5) is 14.0. The van der Waals surface area contributed by atoms with Crippen LogP contribution in [0, 0.1) is 12.7 Å². The minimum absolute atomic E-state index is 0.209. The van der Waals surface area contributed by atoms with Crippen LogP contribution in [0.15, 0.2) is 41.5 Å². The van der Waals surface area contributed by atoms with Crippen LogP contribution in [0.2, 0.25) is 0 Å². The number of hydrazone groups is 1. The third kappa shape index (κ3) is 4.79. The maximum absolute atomic E-state index is 14.4. The van der Waals surface area contributed by atoms with Crippen LogP contribution in [0.4, 0.5) is 10.1 Å². The molecule has 0 saturated carbocycles. The first-order chi connectivity index (χ1) is 13.6. The van der Waals surface area contributed by atoms with Crippen molar-refractivity contribution in [3.8, 4) is 11.5 Å². The normalized spacial score (nSPS) is 13.8. The highest BCUT2D eigenvalue weighted by Crippen LogP contribution is 2.27. The quantitative estimate of drug-likeness (QED) is 0.587. The molecule has 0 aromatic heterocycles. The maximum Gasteiger partial charge on any atom is 0.277 e. The number of halogens is 1. The van der Waals surface area contributed by atoms with Crippen LogP contribution >= 0.6 is 0 Å². The van der Waals surface area contributed by atoms with Gasteiger partial charge in [-0.15, -0.1) is 0 Å². The Bertz CT molecular complexity index is 864. The van der Waals surface area contributed by atoms with Gasteiger partial charge in [0.2, 0.25) is 0 Å². The number of nitrogens with zero attached hydrogens (tertiary/aromatic N) is 2. The van der Waals surface area contributed by atoms with Crippen LogP contribution < -0.4 is 19.8 Å². The second kappa shape index (κ2) is 9.21. The van der Waals surface area contributed by atoms with E-state index in [2.05, 4.69) is 15.4 Å². The molecule has 0 radical (unpaired) electrons. The number of benzene rings is 2. The first-order valence-electron chi connectivity index (χ1n) is 9.21. The molecule has 0 atom stereocenters. The molecule has 0 spiro atoms. The lowest BCUT2D eigenvalue weighted by molar-refractivity contribution is -0.123. The van der Waals surface area contributed by atoms with E-state index in [1.165, 1.54) is 19.4 Å². The molecule has 1 amide bonds. The Hall–Kier alpha value is -3.09. The number of anilines is 1. The van der Waals surface area contributed by atoms with Crippen molar-refractivity contribution in [1.82, 2.24) is 5.43 Å². The van der Waals surface area contributed by atoms with Crippen molar-refractivity contribution in [3.63, 3.8) is 0 Å². The Morgan fingerprint density at radius 1 is 1.25 bits per heavy atom. The summed E-state index contributed by atoms with van der Waals surface area (Å²) >= 11 is 0. The number of amides is 1. The number of carbonyl (C=O) groups excluding carboxylic acids is 1. The zero-order valence-electron chi connectivity index (χ0n) is 16.1. The monoisotopic (exact) mass is 385 g/mol. The number of methoxy groups -OCH3 is 1. The highest BCUT2D eigenvalue weighted by molar-refractivity contribution is 5.85.